The number of hydrogen-bond donors (Lipinski definition) is 2. The quantitative estimate of drug-likeness (QED) is 0.395. The molecular weight excluding hydrogens is 212 g/mol. The maximum Gasteiger partial charge on any atom is 0.342 e. The first-order valence-corrected chi connectivity index (χ1v) is 5.72. The van der Waals surface area contributed by atoms with Crippen LogP contribution in [0.1, 0.15) is 32.6 Å². The minimum atomic E-state index is -4.03. The van der Waals surface area contributed by atoms with Crippen molar-refractivity contribution in [1.29, 1.82) is 0 Å². The van der Waals surface area contributed by atoms with Crippen molar-refractivity contribution >= 4 is 16.1 Å². The van der Waals surface area contributed by atoms with Gasteiger partial charge >= 0.3 is 5.97 Å². The second-order valence-electron chi connectivity index (χ2n) is 2.90. The van der Waals surface area contributed by atoms with Gasteiger partial charge in [0.05, 0.1) is 5.25 Å². The molecule has 0 fully saturated rings. The van der Waals surface area contributed by atoms with Crippen molar-refractivity contribution in [3.05, 3.63) is 0 Å². The Hall–Kier alpha value is -0.660. The lowest BCUT2D eigenvalue weighted by atomic mass is 10.1. The highest BCUT2D eigenvalue weighted by Gasteiger charge is 2.20. The predicted octanol–water partition coefficient (Wildman–Crippen LogP) is 0.839. The smallest absolute Gasteiger partial charge is 0.301 e. The third kappa shape index (κ3) is 5.15. The summed E-state index contributed by atoms with van der Waals surface area (Å²) in [5.41, 5.74) is 0. The lowest BCUT2D eigenvalue weighted by Gasteiger charge is -2.09. The average Bonchev–Trinajstić information content (AvgIpc) is 2.09. The molecule has 7 heteroatoms. The van der Waals surface area contributed by atoms with Crippen molar-refractivity contribution in [3.63, 3.8) is 0 Å². The van der Waals surface area contributed by atoms with Crippen LogP contribution >= 0.6 is 0 Å². The standard InChI is InChI=1S/C7H14O6S/c1-2-6(14(10,11)12)4-3-5-7(8)13-9/h6,9H,2-5H2,1H3,(H,10,11,12). The molecule has 0 saturated carbocycles. The molecule has 0 aromatic rings. The monoisotopic (exact) mass is 226 g/mol. The van der Waals surface area contributed by atoms with E-state index in [2.05, 4.69) is 4.89 Å². The van der Waals surface area contributed by atoms with Crippen LogP contribution in [-0.2, 0) is 19.8 Å². The fourth-order valence-corrected chi connectivity index (χ4v) is 1.97. The van der Waals surface area contributed by atoms with Crippen molar-refractivity contribution in [2.45, 2.75) is 37.9 Å². The summed E-state index contributed by atoms with van der Waals surface area (Å²) >= 11 is 0. The van der Waals surface area contributed by atoms with E-state index in [0.717, 1.165) is 0 Å². The molecule has 0 aliphatic rings. The molecule has 0 aromatic heterocycles. The van der Waals surface area contributed by atoms with Crippen molar-refractivity contribution < 1.29 is 27.9 Å². The normalized spacial score (nSPS) is 13.6. The highest BCUT2D eigenvalue weighted by atomic mass is 32.2. The van der Waals surface area contributed by atoms with Crippen molar-refractivity contribution in [2.24, 2.45) is 0 Å². The number of rotatable bonds is 6. The Morgan fingerprint density at radius 2 is 2.07 bits per heavy atom. The van der Waals surface area contributed by atoms with Gasteiger partial charge in [0.1, 0.15) is 0 Å². The van der Waals surface area contributed by atoms with Crippen LogP contribution in [0, 0.1) is 0 Å². The molecule has 0 amide bonds. The van der Waals surface area contributed by atoms with Gasteiger partial charge in [-0.25, -0.2) is 4.79 Å². The van der Waals surface area contributed by atoms with E-state index in [0.29, 0.717) is 0 Å². The zero-order valence-corrected chi connectivity index (χ0v) is 8.66. The summed E-state index contributed by atoms with van der Waals surface area (Å²) < 4.78 is 30.1. The predicted molar refractivity (Wildman–Crippen MR) is 48.2 cm³/mol. The second kappa shape index (κ2) is 5.94. The second-order valence-corrected chi connectivity index (χ2v) is 4.60. The molecule has 0 aromatic carbocycles. The maximum absolute atomic E-state index is 10.7. The number of carbonyl (C=O) groups excluding carboxylic acids is 1. The minimum absolute atomic E-state index is 0.0669. The highest BCUT2D eigenvalue weighted by Crippen LogP contribution is 2.12. The van der Waals surface area contributed by atoms with E-state index in [1.807, 2.05) is 0 Å². The van der Waals surface area contributed by atoms with Gasteiger partial charge in [-0.1, -0.05) is 6.92 Å². The van der Waals surface area contributed by atoms with E-state index >= 15 is 0 Å². The van der Waals surface area contributed by atoms with Crippen LogP contribution in [0.2, 0.25) is 0 Å². The van der Waals surface area contributed by atoms with Gasteiger partial charge in [-0.05, 0) is 19.3 Å². The maximum atomic E-state index is 10.7. The van der Waals surface area contributed by atoms with Gasteiger partial charge in [-0.15, -0.1) is 0 Å². The van der Waals surface area contributed by atoms with Gasteiger partial charge in [0.2, 0.25) is 0 Å². The van der Waals surface area contributed by atoms with E-state index < -0.39 is 21.3 Å². The van der Waals surface area contributed by atoms with Gasteiger partial charge in [0.15, 0.2) is 0 Å². The van der Waals surface area contributed by atoms with Crippen LogP contribution in [0.25, 0.3) is 0 Å². The zero-order chi connectivity index (χ0) is 11.2. The molecule has 1 unspecified atom stereocenters. The molecule has 14 heavy (non-hydrogen) atoms. The highest BCUT2D eigenvalue weighted by molar-refractivity contribution is 7.86. The Kier molecular flexibility index (Phi) is 5.66. The number of carbonyl (C=O) groups is 1. The Morgan fingerprint density at radius 3 is 2.43 bits per heavy atom. The van der Waals surface area contributed by atoms with Crippen LogP contribution in [0.4, 0.5) is 0 Å². The van der Waals surface area contributed by atoms with E-state index in [1.54, 1.807) is 6.92 Å². The van der Waals surface area contributed by atoms with E-state index in [-0.39, 0.29) is 25.7 Å². The fraction of sp³-hybridized carbons (Fsp3) is 0.857. The molecular formula is C7H14O6S. The molecule has 0 spiro atoms. The summed E-state index contributed by atoms with van der Waals surface area (Å²) in [6, 6.07) is 0. The van der Waals surface area contributed by atoms with Crippen LogP contribution in [-0.4, -0.2) is 29.4 Å². The Morgan fingerprint density at radius 1 is 1.50 bits per heavy atom. The molecule has 2 N–H and O–H groups in total. The lowest BCUT2D eigenvalue weighted by Crippen LogP contribution is -2.19. The molecule has 0 rings (SSSR count). The van der Waals surface area contributed by atoms with Crippen LogP contribution < -0.4 is 0 Å². The van der Waals surface area contributed by atoms with Gasteiger partial charge in [0.25, 0.3) is 10.1 Å². The first kappa shape index (κ1) is 13.3. The molecule has 6 nitrogen and oxygen atoms in total. The molecule has 0 aliphatic heterocycles. The van der Waals surface area contributed by atoms with Gasteiger partial charge in [-0.2, -0.15) is 13.7 Å². The SMILES string of the molecule is CCC(CCCC(=O)OO)S(=O)(=O)O. The summed E-state index contributed by atoms with van der Waals surface area (Å²) in [6.45, 7) is 1.63. The first-order valence-electron chi connectivity index (χ1n) is 4.22. The van der Waals surface area contributed by atoms with Crippen molar-refractivity contribution in [1.82, 2.24) is 0 Å². The minimum Gasteiger partial charge on any atom is -0.301 e. The third-order valence-electron chi connectivity index (χ3n) is 1.89. The van der Waals surface area contributed by atoms with Gasteiger partial charge in [-0.3, -0.25) is 4.55 Å². The molecule has 0 aliphatic carbocycles. The molecule has 1 atom stereocenters. The van der Waals surface area contributed by atoms with Gasteiger partial charge in [0, 0.05) is 6.42 Å². The average molecular weight is 226 g/mol. The lowest BCUT2D eigenvalue weighted by molar-refractivity contribution is -0.234. The van der Waals surface area contributed by atoms with Crippen molar-refractivity contribution in [3.8, 4) is 0 Å². The van der Waals surface area contributed by atoms with Crippen LogP contribution in [0.5, 0.6) is 0 Å². The molecule has 0 radical (unpaired) electrons. The first-order chi connectivity index (χ1) is 6.41. The van der Waals surface area contributed by atoms with Crippen LogP contribution in [0.15, 0.2) is 0 Å². The summed E-state index contributed by atoms with van der Waals surface area (Å²) in [7, 11) is -4.03. The van der Waals surface area contributed by atoms with Crippen LogP contribution in [0.3, 0.4) is 0 Å². The Balaban J connectivity index is 3.93. The van der Waals surface area contributed by atoms with E-state index in [1.165, 1.54) is 0 Å². The Labute approximate surface area is 82.6 Å². The van der Waals surface area contributed by atoms with E-state index in [4.69, 9.17) is 9.81 Å². The molecule has 0 bridgehead atoms. The zero-order valence-electron chi connectivity index (χ0n) is 7.84. The number of hydrogen-bond acceptors (Lipinski definition) is 5. The largest absolute Gasteiger partial charge is 0.342 e. The Bertz CT molecular complexity index is 270. The molecule has 84 valence electrons. The summed E-state index contributed by atoms with van der Waals surface area (Å²) in [4.78, 5) is 13.8. The molecule has 0 heterocycles. The van der Waals surface area contributed by atoms with E-state index in [9.17, 15) is 13.2 Å². The molecule has 0 saturated heterocycles. The summed E-state index contributed by atoms with van der Waals surface area (Å²) in [5, 5.41) is 7.05. The summed E-state index contributed by atoms with van der Waals surface area (Å²) in [5.74, 6) is -0.810. The van der Waals surface area contributed by atoms with Gasteiger partial charge < -0.3 is 4.89 Å². The summed E-state index contributed by atoms with van der Waals surface area (Å²) in [6.07, 6.45) is 0.637. The third-order valence-corrected chi connectivity index (χ3v) is 3.30. The fourth-order valence-electron chi connectivity index (χ4n) is 1.08. The van der Waals surface area contributed by atoms with Crippen molar-refractivity contribution in [2.75, 3.05) is 0 Å². The topological polar surface area (TPSA) is 101 Å².